The summed E-state index contributed by atoms with van der Waals surface area (Å²) in [7, 11) is 3.24. The van der Waals surface area contributed by atoms with Crippen LogP contribution in [0.3, 0.4) is 0 Å². The number of nitrogen functional groups attached to an aromatic ring is 1. The lowest BCUT2D eigenvalue weighted by molar-refractivity contribution is 0.270. The predicted octanol–water partition coefficient (Wildman–Crippen LogP) is 3.24. The van der Waals surface area contributed by atoms with Crippen molar-refractivity contribution in [2.45, 2.75) is 33.7 Å². The Bertz CT molecular complexity index is 626. The van der Waals surface area contributed by atoms with Crippen molar-refractivity contribution in [3.63, 3.8) is 0 Å². The molecule has 20 heavy (non-hydrogen) atoms. The van der Waals surface area contributed by atoms with E-state index < -0.39 is 0 Å². The second kappa shape index (κ2) is 4.89. The molecule has 0 bridgehead atoms. The number of hydrogen-bond donors (Lipinski definition) is 1. The smallest absolute Gasteiger partial charge is 0.201 e. The van der Waals surface area contributed by atoms with Gasteiger partial charge in [-0.1, -0.05) is 20.8 Å². The van der Waals surface area contributed by atoms with Gasteiger partial charge in [-0.3, -0.25) is 0 Å². The molecule has 5 heteroatoms. The predicted molar refractivity (Wildman–Crippen MR) is 81.4 cm³/mol. The van der Waals surface area contributed by atoms with Crippen LogP contribution >= 0.6 is 0 Å². The van der Waals surface area contributed by atoms with Crippen LogP contribution in [0, 0.1) is 5.41 Å². The van der Waals surface area contributed by atoms with Crippen LogP contribution in [0.15, 0.2) is 12.1 Å². The van der Waals surface area contributed by atoms with Gasteiger partial charge >= 0.3 is 0 Å². The van der Waals surface area contributed by atoms with Gasteiger partial charge in [0.1, 0.15) is 0 Å². The standard InChI is InChI=1S/C15H23N3O2/c1-9(15(2,3)4)18-11-8-13(20-6)12(19-5)7-10(11)17-14(18)16/h7-9H,1-6H3,(H2,16,17). The van der Waals surface area contributed by atoms with Gasteiger partial charge in [-0.15, -0.1) is 0 Å². The summed E-state index contributed by atoms with van der Waals surface area (Å²) < 4.78 is 12.7. The average molecular weight is 277 g/mol. The molecular weight excluding hydrogens is 254 g/mol. The molecule has 110 valence electrons. The topological polar surface area (TPSA) is 62.3 Å². The van der Waals surface area contributed by atoms with Crippen molar-refractivity contribution in [3.05, 3.63) is 12.1 Å². The fourth-order valence-electron chi connectivity index (χ4n) is 2.24. The molecule has 0 radical (unpaired) electrons. The summed E-state index contributed by atoms with van der Waals surface area (Å²) in [5.74, 6) is 1.85. The number of anilines is 1. The highest BCUT2D eigenvalue weighted by Gasteiger charge is 2.26. The van der Waals surface area contributed by atoms with Gasteiger partial charge in [-0.25, -0.2) is 4.98 Å². The number of rotatable bonds is 3. The molecule has 0 aliphatic rings. The highest BCUT2D eigenvalue weighted by Crippen LogP contribution is 2.38. The molecule has 0 fully saturated rings. The first-order valence-corrected chi connectivity index (χ1v) is 6.69. The van der Waals surface area contributed by atoms with Crippen molar-refractivity contribution in [3.8, 4) is 11.5 Å². The molecule has 0 amide bonds. The molecule has 0 aliphatic heterocycles. The van der Waals surface area contributed by atoms with Gasteiger partial charge in [-0.05, 0) is 12.3 Å². The van der Waals surface area contributed by atoms with Gasteiger partial charge in [0.15, 0.2) is 11.5 Å². The third-order valence-electron chi connectivity index (χ3n) is 3.86. The Morgan fingerprint density at radius 3 is 2.20 bits per heavy atom. The Balaban J connectivity index is 2.70. The van der Waals surface area contributed by atoms with Crippen molar-refractivity contribution in [1.29, 1.82) is 0 Å². The van der Waals surface area contributed by atoms with Crippen LogP contribution in [-0.2, 0) is 0 Å². The summed E-state index contributed by atoms with van der Waals surface area (Å²) in [6.45, 7) is 8.70. The van der Waals surface area contributed by atoms with E-state index in [1.165, 1.54) is 0 Å². The van der Waals surface area contributed by atoms with Crippen LogP contribution in [0.1, 0.15) is 33.7 Å². The molecule has 1 aromatic carbocycles. The highest BCUT2D eigenvalue weighted by molar-refractivity contribution is 5.82. The Morgan fingerprint density at radius 1 is 1.15 bits per heavy atom. The molecule has 0 spiro atoms. The number of nitrogens with zero attached hydrogens (tertiary/aromatic N) is 2. The van der Waals surface area contributed by atoms with E-state index in [9.17, 15) is 0 Å². The number of fused-ring (bicyclic) bond motifs is 1. The molecule has 2 aromatic rings. The van der Waals surface area contributed by atoms with E-state index in [1.54, 1.807) is 14.2 Å². The minimum atomic E-state index is 0.0783. The second-order valence-electron chi connectivity index (χ2n) is 6.08. The summed E-state index contributed by atoms with van der Waals surface area (Å²) >= 11 is 0. The molecule has 0 saturated carbocycles. The van der Waals surface area contributed by atoms with E-state index in [0.717, 1.165) is 11.0 Å². The van der Waals surface area contributed by atoms with Crippen molar-refractivity contribution in [2.24, 2.45) is 5.41 Å². The molecule has 1 unspecified atom stereocenters. The van der Waals surface area contributed by atoms with Crippen molar-refractivity contribution in [1.82, 2.24) is 9.55 Å². The van der Waals surface area contributed by atoms with E-state index >= 15 is 0 Å². The van der Waals surface area contributed by atoms with Crippen LogP contribution in [-0.4, -0.2) is 23.8 Å². The molecular formula is C15H23N3O2. The summed E-state index contributed by atoms with van der Waals surface area (Å²) in [6.07, 6.45) is 0. The zero-order valence-corrected chi connectivity index (χ0v) is 13.0. The quantitative estimate of drug-likeness (QED) is 0.935. The Labute approximate surface area is 119 Å². The highest BCUT2D eigenvalue weighted by atomic mass is 16.5. The number of benzene rings is 1. The number of methoxy groups -OCH3 is 2. The number of ether oxygens (including phenoxy) is 2. The first-order chi connectivity index (χ1) is 9.29. The normalized spacial score (nSPS) is 13.5. The summed E-state index contributed by atoms with van der Waals surface area (Å²) in [6, 6.07) is 4.00. The minimum absolute atomic E-state index is 0.0783. The van der Waals surface area contributed by atoms with Crippen molar-refractivity contribution in [2.75, 3.05) is 20.0 Å². The first-order valence-electron chi connectivity index (χ1n) is 6.69. The zero-order valence-electron chi connectivity index (χ0n) is 13.0. The van der Waals surface area contributed by atoms with Gasteiger partial charge in [0, 0.05) is 18.2 Å². The van der Waals surface area contributed by atoms with Gasteiger partial charge in [0.05, 0.1) is 25.3 Å². The molecule has 5 nitrogen and oxygen atoms in total. The maximum Gasteiger partial charge on any atom is 0.201 e. The fourth-order valence-corrected chi connectivity index (χ4v) is 2.24. The number of imidazole rings is 1. The molecule has 2 N–H and O–H groups in total. The van der Waals surface area contributed by atoms with Crippen LogP contribution in [0.5, 0.6) is 11.5 Å². The van der Waals surface area contributed by atoms with E-state index in [0.29, 0.717) is 17.4 Å². The first kappa shape index (κ1) is 14.5. The molecule has 2 rings (SSSR count). The minimum Gasteiger partial charge on any atom is -0.493 e. The van der Waals surface area contributed by atoms with E-state index in [-0.39, 0.29) is 11.5 Å². The number of aromatic nitrogens is 2. The van der Waals surface area contributed by atoms with Gasteiger partial charge in [-0.2, -0.15) is 0 Å². The van der Waals surface area contributed by atoms with Gasteiger partial charge < -0.3 is 19.8 Å². The lowest BCUT2D eigenvalue weighted by Gasteiger charge is -2.29. The lowest BCUT2D eigenvalue weighted by atomic mass is 9.88. The lowest BCUT2D eigenvalue weighted by Crippen LogP contribution is -2.22. The molecule has 1 atom stereocenters. The van der Waals surface area contributed by atoms with E-state index in [1.807, 2.05) is 12.1 Å². The van der Waals surface area contributed by atoms with Crippen LogP contribution in [0.2, 0.25) is 0 Å². The maximum absolute atomic E-state index is 6.10. The number of hydrogen-bond acceptors (Lipinski definition) is 4. The third kappa shape index (κ3) is 2.28. The average Bonchev–Trinajstić information content (AvgIpc) is 2.69. The fraction of sp³-hybridized carbons (Fsp3) is 0.533. The van der Waals surface area contributed by atoms with Crippen molar-refractivity contribution >= 4 is 17.0 Å². The van der Waals surface area contributed by atoms with Crippen LogP contribution in [0.25, 0.3) is 11.0 Å². The largest absolute Gasteiger partial charge is 0.493 e. The SMILES string of the molecule is COc1cc2nc(N)n(C(C)C(C)(C)C)c2cc1OC. The molecule has 0 saturated heterocycles. The molecule has 0 aliphatic carbocycles. The summed E-state index contributed by atoms with van der Waals surface area (Å²) in [5, 5.41) is 0. The Morgan fingerprint density at radius 2 is 1.70 bits per heavy atom. The van der Waals surface area contributed by atoms with E-state index in [2.05, 4.69) is 37.2 Å². The summed E-state index contributed by atoms with van der Waals surface area (Å²) in [4.78, 5) is 4.44. The van der Waals surface area contributed by atoms with Crippen molar-refractivity contribution < 1.29 is 9.47 Å². The third-order valence-corrected chi connectivity index (χ3v) is 3.86. The second-order valence-corrected chi connectivity index (χ2v) is 6.08. The Hall–Kier alpha value is -1.91. The van der Waals surface area contributed by atoms with Gasteiger partial charge in [0.25, 0.3) is 0 Å². The number of nitrogens with two attached hydrogens (primary N) is 1. The van der Waals surface area contributed by atoms with Crippen LogP contribution < -0.4 is 15.2 Å². The maximum atomic E-state index is 6.10. The Kier molecular flexibility index (Phi) is 3.54. The van der Waals surface area contributed by atoms with E-state index in [4.69, 9.17) is 15.2 Å². The molecule has 1 aromatic heterocycles. The van der Waals surface area contributed by atoms with Crippen LogP contribution in [0.4, 0.5) is 5.95 Å². The summed E-state index contributed by atoms with van der Waals surface area (Å²) in [5.41, 5.74) is 7.96. The monoisotopic (exact) mass is 277 g/mol. The zero-order chi connectivity index (χ0) is 15.1. The van der Waals surface area contributed by atoms with Gasteiger partial charge in [0.2, 0.25) is 5.95 Å². The molecule has 1 heterocycles.